The predicted octanol–water partition coefficient (Wildman–Crippen LogP) is 1.57. The van der Waals surface area contributed by atoms with Crippen molar-refractivity contribution in [1.82, 2.24) is 5.32 Å². The molecule has 0 aromatic heterocycles. The van der Waals surface area contributed by atoms with Gasteiger partial charge in [0.2, 0.25) is 0 Å². The van der Waals surface area contributed by atoms with E-state index in [2.05, 4.69) is 5.32 Å². The number of carbonyl (C=O) groups is 2. The largest absolute Gasteiger partial charge is 0.464 e. The Morgan fingerprint density at radius 1 is 1.26 bits per heavy atom. The van der Waals surface area contributed by atoms with Gasteiger partial charge in [-0.05, 0) is 53.5 Å². The van der Waals surface area contributed by atoms with Crippen molar-refractivity contribution in [3.8, 4) is 0 Å². The van der Waals surface area contributed by atoms with Crippen molar-refractivity contribution < 1.29 is 19.1 Å². The number of carbonyl (C=O) groups excluding carboxylic acids is 2. The fraction of sp³-hybridized carbons (Fsp3) is 0.846. The van der Waals surface area contributed by atoms with Crippen LogP contribution in [0.4, 0.5) is 4.79 Å². The van der Waals surface area contributed by atoms with Gasteiger partial charge in [-0.15, -0.1) is 0 Å². The van der Waals surface area contributed by atoms with Crippen LogP contribution in [0.1, 0.15) is 47.0 Å². The average molecular weight is 274 g/mol. The first-order valence-corrected chi connectivity index (χ1v) is 6.66. The molecular formula is C13H26N2O4. The second-order valence-electron chi connectivity index (χ2n) is 5.24. The molecule has 0 aromatic carbocycles. The van der Waals surface area contributed by atoms with Gasteiger partial charge < -0.3 is 20.5 Å². The van der Waals surface area contributed by atoms with E-state index in [1.807, 2.05) is 0 Å². The van der Waals surface area contributed by atoms with Gasteiger partial charge in [0.1, 0.15) is 11.6 Å². The van der Waals surface area contributed by atoms with Crippen LogP contribution in [0, 0.1) is 0 Å². The van der Waals surface area contributed by atoms with Crippen LogP contribution in [0.2, 0.25) is 0 Å². The van der Waals surface area contributed by atoms with Gasteiger partial charge in [0.15, 0.2) is 0 Å². The molecule has 1 atom stereocenters. The summed E-state index contributed by atoms with van der Waals surface area (Å²) in [6, 6.07) is -0.679. The lowest BCUT2D eigenvalue weighted by molar-refractivity contribution is -0.145. The molecule has 19 heavy (non-hydrogen) atoms. The summed E-state index contributed by atoms with van der Waals surface area (Å²) in [7, 11) is 0. The van der Waals surface area contributed by atoms with E-state index in [4.69, 9.17) is 15.2 Å². The number of esters is 1. The number of nitrogens with one attached hydrogen (secondary N) is 1. The third-order valence-electron chi connectivity index (χ3n) is 2.21. The van der Waals surface area contributed by atoms with E-state index in [9.17, 15) is 9.59 Å². The fourth-order valence-corrected chi connectivity index (χ4v) is 1.43. The van der Waals surface area contributed by atoms with Crippen LogP contribution in [0.15, 0.2) is 0 Å². The zero-order valence-electron chi connectivity index (χ0n) is 12.3. The highest BCUT2D eigenvalue weighted by molar-refractivity contribution is 5.81. The molecule has 3 N–H and O–H groups in total. The van der Waals surface area contributed by atoms with Crippen molar-refractivity contribution in [2.75, 3.05) is 13.2 Å². The van der Waals surface area contributed by atoms with E-state index in [0.29, 0.717) is 13.0 Å². The number of nitrogens with two attached hydrogens (primary N) is 1. The molecule has 0 radical (unpaired) electrons. The van der Waals surface area contributed by atoms with E-state index in [0.717, 1.165) is 12.8 Å². The van der Waals surface area contributed by atoms with Crippen molar-refractivity contribution in [2.45, 2.75) is 58.6 Å². The molecule has 6 heteroatoms. The first-order valence-electron chi connectivity index (χ1n) is 6.66. The van der Waals surface area contributed by atoms with E-state index >= 15 is 0 Å². The summed E-state index contributed by atoms with van der Waals surface area (Å²) in [4.78, 5) is 23.4. The molecule has 0 saturated carbocycles. The van der Waals surface area contributed by atoms with Crippen molar-refractivity contribution in [2.24, 2.45) is 5.73 Å². The monoisotopic (exact) mass is 274 g/mol. The van der Waals surface area contributed by atoms with E-state index in [1.165, 1.54) is 0 Å². The Bertz CT molecular complexity index is 287. The molecule has 0 saturated heterocycles. The molecule has 0 unspecified atom stereocenters. The summed E-state index contributed by atoms with van der Waals surface area (Å²) in [6.45, 7) is 7.85. The number of unbranched alkanes of at least 4 members (excludes halogenated alkanes) is 1. The third-order valence-corrected chi connectivity index (χ3v) is 2.21. The Balaban J connectivity index is 4.39. The lowest BCUT2D eigenvalue weighted by Crippen LogP contribution is -2.44. The molecule has 0 aliphatic heterocycles. The predicted molar refractivity (Wildman–Crippen MR) is 72.7 cm³/mol. The van der Waals surface area contributed by atoms with E-state index in [1.54, 1.807) is 27.7 Å². The quantitative estimate of drug-likeness (QED) is 0.543. The Morgan fingerprint density at radius 3 is 2.37 bits per heavy atom. The Morgan fingerprint density at radius 2 is 1.89 bits per heavy atom. The summed E-state index contributed by atoms with van der Waals surface area (Å²) in [6.07, 6.45) is 1.43. The van der Waals surface area contributed by atoms with Gasteiger partial charge in [0.05, 0.1) is 6.61 Å². The minimum Gasteiger partial charge on any atom is -0.464 e. The number of amides is 1. The maximum atomic E-state index is 11.7. The minimum atomic E-state index is -0.679. The minimum absolute atomic E-state index is 0.280. The standard InChI is InChI=1S/C13H26N2O4/c1-5-18-11(16)10(8-6-7-9-14)15-12(17)19-13(2,3)4/h10H,5-9,14H2,1-4H3,(H,15,17)/t10-/m0/s1. The summed E-state index contributed by atoms with van der Waals surface area (Å²) >= 11 is 0. The zero-order chi connectivity index (χ0) is 14.9. The summed E-state index contributed by atoms with van der Waals surface area (Å²) in [5.74, 6) is -0.439. The van der Waals surface area contributed by atoms with Crippen LogP contribution < -0.4 is 11.1 Å². The van der Waals surface area contributed by atoms with Crippen molar-refractivity contribution in [3.05, 3.63) is 0 Å². The van der Waals surface area contributed by atoms with Gasteiger partial charge >= 0.3 is 12.1 Å². The molecule has 0 spiro atoms. The molecule has 0 heterocycles. The number of hydrogen-bond acceptors (Lipinski definition) is 5. The smallest absolute Gasteiger partial charge is 0.408 e. The molecule has 112 valence electrons. The van der Waals surface area contributed by atoms with E-state index in [-0.39, 0.29) is 6.61 Å². The molecule has 6 nitrogen and oxygen atoms in total. The molecule has 0 aliphatic carbocycles. The average Bonchev–Trinajstić information content (AvgIpc) is 2.25. The first-order chi connectivity index (χ1) is 8.80. The van der Waals surface area contributed by atoms with Crippen molar-refractivity contribution >= 4 is 12.1 Å². The van der Waals surface area contributed by atoms with Crippen molar-refractivity contribution in [1.29, 1.82) is 0 Å². The summed E-state index contributed by atoms with van der Waals surface area (Å²) < 4.78 is 10.0. The van der Waals surface area contributed by atoms with Gasteiger partial charge in [-0.1, -0.05) is 0 Å². The fourth-order valence-electron chi connectivity index (χ4n) is 1.43. The van der Waals surface area contributed by atoms with Gasteiger partial charge in [-0.25, -0.2) is 9.59 Å². The van der Waals surface area contributed by atoms with Crippen LogP contribution >= 0.6 is 0 Å². The SMILES string of the molecule is CCOC(=O)[C@H](CCCCN)NC(=O)OC(C)(C)C. The maximum absolute atomic E-state index is 11.7. The van der Waals surface area contributed by atoms with Gasteiger partial charge in [-0.2, -0.15) is 0 Å². The molecule has 0 rings (SSSR count). The zero-order valence-corrected chi connectivity index (χ0v) is 12.3. The summed E-state index contributed by atoms with van der Waals surface area (Å²) in [5.41, 5.74) is 4.81. The topological polar surface area (TPSA) is 90.6 Å². The highest BCUT2D eigenvalue weighted by Crippen LogP contribution is 2.08. The molecule has 0 aromatic rings. The van der Waals surface area contributed by atoms with Crippen molar-refractivity contribution in [3.63, 3.8) is 0 Å². The number of hydrogen-bond donors (Lipinski definition) is 2. The molecule has 1 amide bonds. The number of ether oxygens (including phenoxy) is 2. The lowest BCUT2D eigenvalue weighted by Gasteiger charge is -2.22. The van der Waals surface area contributed by atoms with Crippen LogP contribution in [0.25, 0.3) is 0 Å². The summed E-state index contributed by atoms with van der Waals surface area (Å²) in [5, 5.41) is 2.54. The number of alkyl carbamates (subject to hydrolysis) is 1. The Hall–Kier alpha value is -1.30. The lowest BCUT2D eigenvalue weighted by atomic mass is 10.1. The number of rotatable bonds is 7. The molecule has 0 fully saturated rings. The second-order valence-corrected chi connectivity index (χ2v) is 5.24. The molecular weight excluding hydrogens is 248 g/mol. The first kappa shape index (κ1) is 17.7. The second kappa shape index (κ2) is 8.74. The van der Waals surface area contributed by atoms with Crippen LogP contribution in [0.3, 0.4) is 0 Å². The third kappa shape index (κ3) is 9.30. The maximum Gasteiger partial charge on any atom is 0.408 e. The van der Waals surface area contributed by atoms with Crippen LogP contribution in [-0.2, 0) is 14.3 Å². The highest BCUT2D eigenvalue weighted by atomic mass is 16.6. The molecule has 0 bridgehead atoms. The Labute approximate surface area is 115 Å². The normalized spacial score (nSPS) is 12.7. The molecule has 0 aliphatic rings. The van der Waals surface area contributed by atoms with Crippen LogP contribution in [0.5, 0.6) is 0 Å². The van der Waals surface area contributed by atoms with Crippen LogP contribution in [-0.4, -0.2) is 36.9 Å². The highest BCUT2D eigenvalue weighted by Gasteiger charge is 2.24. The van der Waals surface area contributed by atoms with Gasteiger partial charge in [0, 0.05) is 0 Å². The van der Waals surface area contributed by atoms with E-state index < -0.39 is 23.7 Å². The Kier molecular flexibility index (Phi) is 8.14. The van der Waals surface area contributed by atoms with Gasteiger partial charge in [-0.3, -0.25) is 0 Å². The van der Waals surface area contributed by atoms with Gasteiger partial charge in [0.25, 0.3) is 0 Å².